The summed E-state index contributed by atoms with van der Waals surface area (Å²) in [7, 11) is 0. The molecule has 1 aliphatic rings. The Labute approximate surface area is 114 Å². The fraction of sp³-hybridized carbons (Fsp3) is 0.438. The predicted molar refractivity (Wildman–Crippen MR) is 76.9 cm³/mol. The van der Waals surface area contributed by atoms with Crippen LogP contribution >= 0.6 is 0 Å². The molecule has 0 amide bonds. The van der Waals surface area contributed by atoms with Crippen LogP contribution in [0.1, 0.15) is 48.1 Å². The number of fused-ring (bicyclic) bond motifs is 1. The summed E-state index contributed by atoms with van der Waals surface area (Å²) in [5.41, 5.74) is 5.70. The maximum Gasteiger partial charge on any atom is 0.0532 e. The zero-order valence-corrected chi connectivity index (χ0v) is 11.4. The quantitative estimate of drug-likeness (QED) is 0.881. The Hall–Kier alpha value is -1.61. The number of aryl methyl sites for hydroxylation is 2. The molecule has 1 heterocycles. The third kappa shape index (κ3) is 2.87. The van der Waals surface area contributed by atoms with Crippen molar-refractivity contribution < 1.29 is 0 Å². The van der Waals surface area contributed by atoms with Crippen LogP contribution in [0.15, 0.2) is 30.6 Å². The lowest BCUT2D eigenvalue weighted by molar-refractivity contribution is 0.572. The molecule has 1 unspecified atom stereocenters. The van der Waals surface area contributed by atoms with E-state index < -0.39 is 0 Å². The zero-order valence-electron chi connectivity index (χ0n) is 11.4. The number of benzene rings is 1. The highest BCUT2D eigenvalue weighted by Gasteiger charge is 2.12. The van der Waals surface area contributed by atoms with E-state index in [2.05, 4.69) is 40.6 Å². The van der Waals surface area contributed by atoms with Gasteiger partial charge in [0, 0.05) is 24.3 Å². The minimum atomic E-state index is 0.377. The van der Waals surface area contributed by atoms with E-state index in [0.29, 0.717) is 6.04 Å². The number of hydrogen-bond acceptors (Lipinski definition) is 2. The topological polar surface area (TPSA) is 40.7 Å². The van der Waals surface area contributed by atoms with Crippen LogP contribution in [0.2, 0.25) is 0 Å². The van der Waals surface area contributed by atoms with Gasteiger partial charge >= 0.3 is 0 Å². The van der Waals surface area contributed by atoms with Crippen molar-refractivity contribution in [3.05, 3.63) is 52.8 Å². The van der Waals surface area contributed by atoms with Crippen molar-refractivity contribution in [1.82, 2.24) is 15.5 Å². The van der Waals surface area contributed by atoms with E-state index in [1.807, 2.05) is 12.4 Å². The third-order valence-corrected chi connectivity index (χ3v) is 4.04. The molecule has 2 N–H and O–H groups in total. The minimum absolute atomic E-state index is 0.377. The highest BCUT2D eigenvalue weighted by Crippen LogP contribution is 2.24. The first-order valence-corrected chi connectivity index (χ1v) is 7.15. The summed E-state index contributed by atoms with van der Waals surface area (Å²) >= 11 is 0. The molecule has 0 bridgehead atoms. The summed E-state index contributed by atoms with van der Waals surface area (Å²) < 4.78 is 0. The molecule has 0 fully saturated rings. The molecule has 100 valence electrons. The molecule has 1 aromatic carbocycles. The van der Waals surface area contributed by atoms with Gasteiger partial charge in [-0.05, 0) is 49.3 Å². The molecule has 0 spiro atoms. The number of rotatable bonds is 4. The molecule has 0 saturated carbocycles. The lowest BCUT2D eigenvalue weighted by Gasteiger charge is -2.20. The second-order valence-electron chi connectivity index (χ2n) is 5.44. The molecule has 3 nitrogen and oxygen atoms in total. The van der Waals surface area contributed by atoms with Gasteiger partial charge < -0.3 is 5.32 Å². The second-order valence-corrected chi connectivity index (χ2v) is 5.44. The van der Waals surface area contributed by atoms with Gasteiger partial charge in [-0.25, -0.2) is 0 Å². The lowest BCUT2D eigenvalue weighted by atomic mass is 9.89. The van der Waals surface area contributed by atoms with Gasteiger partial charge in [0.2, 0.25) is 0 Å². The smallest absolute Gasteiger partial charge is 0.0532 e. The number of nitrogens with zero attached hydrogens (tertiary/aromatic N) is 1. The average Bonchev–Trinajstić information content (AvgIpc) is 2.97. The van der Waals surface area contributed by atoms with Crippen LogP contribution in [0.5, 0.6) is 0 Å². The molecule has 0 radical (unpaired) electrons. The molecular formula is C16H21N3. The summed E-state index contributed by atoms with van der Waals surface area (Å²) in [6, 6.07) is 7.36. The Morgan fingerprint density at radius 1 is 1.26 bits per heavy atom. The number of aromatic nitrogens is 2. The first kappa shape index (κ1) is 12.4. The molecule has 3 heteroatoms. The summed E-state index contributed by atoms with van der Waals surface area (Å²) in [5, 5.41) is 10.4. The Bertz CT molecular complexity index is 531. The number of nitrogens with one attached hydrogen (secondary N) is 2. The summed E-state index contributed by atoms with van der Waals surface area (Å²) in [6.45, 7) is 3.08. The zero-order chi connectivity index (χ0) is 13.1. The molecule has 1 aliphatic carbocycles. The van der Waals surface area contributed by atoms with Crippen LogP contribution in [0.3, 0.4) is 0 Å². The number of hydrogen-bond donors (Lipinski definition) is 2. The summed E-state index contributed by atoms with van der Waals surface area (Å²) in [4.78, 5) is 0. The van der Waals surface area contributed by atoms with Crippen molar-refractivity contribution in [2.45, 2.75) is 45.2 Å². The van der Waals surface area contributed by atoms with E-state index in [1.54, 1.807) is 11.1 Å². The SMILES string of the molecule is CC(NCc1cn[nH]c1)c1ccc2c(c1)CCCC2. The standard InChI is InChI=1S/C16H21N3/c1-12(17-9-13-10-18-19-11-13)15-7-6-14-4-2-3-5-16(14)8-15/h6-8,10-12,17H,2-5,9H2,1H3,(H,18,19). The van der Waals surface area contributed by atoms with Gasteiger partial charge in [-0.2, -0.15) is 5.10 Å². The number of H-pyrrole nitrogens is 1. The van der Waals surface area contributed by atoms with Gasteiger partial charge in [0.15, 0.2) is 0 Å². The van der Waals surface area contributed by atoms with E-state index in [0.717, 1.165) is 6.54 Å². The Morgan fingerprint density at radius 2 is 2.11 bits per heavy atom. The molecule has 3 rings (SSSR count). The average molecular weight is 255 g/mol. The van der Waals surface area contributed by atoms with Crippen LogP contribution < -0.4 is 5.32 Å². The van der Waals surface area contributed by atoms with E-state index in [4.69, 9.17) is 0 Å². The monoisotopic (exact) mass is 255 g/mol. The van der Waals surface area contributed by atoms with E-state index in [9.17, 15) is 0 Å². The molecule has 0 aliphatic heterocycles. The first-order chi connectivity index (χ1) is 9.33. The molecule has 1 aromatic heterocycles. The van der Waals surface area contributed by atoms with Crippen molar-refractivity contribution in [3.8, 4) is 0 Å². The van der Waals surface area contributed by atoms with Crippen molar-refractivity contribution >= 4 is 0 Å². The van der Waals surface area contributed by atoms with Crippen LogP contribution in [0.4, 0.5) is 0 Å². The van der Waals surface area contributed by atoms with Crippen LogP contribution in [0.25, 0.3) is 0 Å². The van der Waals surface area contributed by atoms with Gasteiger partial charge in [0.1, 0.15) is 0 Å². The maximum absolute atomic E-state index is 3.97. The third-order valence-electron chi connectivity index (χ3n) is 4.04. The lowest BCUT2D eigenvalue weighted by Crippen LogP contribution is -2.18. The van der Waals surface area contributed by atoms with Gasteiger partial charge in [0.25, 0.3) is 0 Å². The van der Waals surface area contributed by atoms with E-state index >= 15 is 0 Å². The normalized spacial score (nSPS) is 16.1. The van der Waals surface area contributed by atoms with Gasteiger partial charge in [0.05, 0.1) is 6.20 Å². The molecule has 2 aromatic rings. The van der Waals surface area contributed by atoms with Crippen LogP contribution in [-0.4, -0.2) is 10.2 Å². The van der Waals surface area contributed by atoms with Crippen LogP contribution in [0, 0.1) is 0 Å². The maximum atomic E-state index is 3.97. The van der Waals surface area contributed by atoms with Gasteiger partial charge in [-0.3, -0.25) is 5.10 Å². The Morgan fingerprint density at radius 3 is 2.89 bits per heavy atom. The number of aromatic amines is 1. The van der Waals surface area contributed by atoms with E-state index in [-0.39, 0.29) is 0 Å². The molecule has 0 saturated heterocycles. The van der Waals surface area contributed by atoms with Crippen molar-refractivity contribution in [2.24, 2.45) is 0 Å². The Kier molecular flexibility index (Phi) is 3.65. The first-order valence-electron chi connectivity index (χ1n) is 7.15. The fourth-order valence-electron chi connectivity index (χ4n) is 2.79. The van der Waals surface area contributed by atoms with Gasteiger partial charge in [-0.1, -0.05) is 18.2 Å². The van der Waals surface area contributed by atoms with Crippen molar-refractivity contribution in [1.29, 1.82) is 0 Å². The highest BCUT2D eigenvalue weighted by molar-refractivity contribution is 5.35. The minimum Gasteiger partial charge on any atom is -0.306 e. The molecule has 19 heavy (non-hydrogen) atoms. The molecular weight excluding hydrogens is 234 g/mol. The van der Waals surface area contributed by atoms with E-state index in [1.165, 1.54) is 36.8 Å². The predicted octanol–water partition coefficient (Wildman–Crippen LogP) is 3.14. The summed E-state index contributed by atoms with van der Waals surface area (Å²) in [5.74, 6) is 0. The van der Waals surface area contributed by atoms with Crippen molar-refractivity contribution in [2.75, 3.05) is 0 Å². The molecule has 1 atom stereocenters. The van der Waals surface area contributed by atoms with Crippen molar-refractivity contribution in [3.63, 3.8) is 0 Å². The van der Waals surface area contributed by atoms with Gasteiger partial charge in [-0.15, -0.1) is 0 Å². The summed E-state index contributed by atoms with van der Waals surface area (Å²) in [6.07, 6.45) is 9.00. The fourth-order valence-corrected chi connectivity index (χ4v) is 2.79. The second kappa shape index (κ2) is 5.57. The highest BCUT2D eigenvalue weighted by atomic mass is 15.1. The Balaban J connectivity index is 1.67. The largest absolute Gasteiger partial charge is 0.306 e. The van der Waals surface area contributed by atoms with Crippen LogP contribution in [-0.2, 0) is 19.4 Å².